The van der Waals surface area contributed by atoms with E-state index in [9.17, 15) is 0 Å². The normalized spacial score (nSPS) is 22.2. The Morgan fingerprint density at radius 3 is 2.61 bits per heavy atom. The van der Waals surface area contributed by atoms with Crippen molar-refractivity contribution in [3.05, 3.63) is 40.8 Å². The molecule has 0 amide bonds. The van der Waals surface area contributed by atoms with Crippen molar-refractivity contribution in [2.75, 3.05) is 50.5 Å². The van der Waals surface area contributed by atoms with Gasteiger partial charge in [0.15, 0.2) is 0 Å². The predicted molar refractivity (Wildman–Crippen MR) is 99.0 cm³/mol. The molecule has 1 fully saturated rings. The van der Waals surface area contributed by atoms with E-state index in [-0.39, 0.29) is 0 Å². The van der Waals surface area contributed by atoms with Crippen molar-refractivity contribution in [1.29, 1.82) is 0 Å². The Hall–Kier alpha value is -1.56. The van der Waals surface area contributed by atoms with Crippen LogP contribution in [0.1, 0.15) is 16.6 Å². The molecule has 1 aromatic heterocycles. The summed E-state index contributed by atoms with van der Waals surface area (Å²) in [6.45, 7) is 6.70. The zero-order valence-electron chi connectivity index (χ0n) is 14.0. The molecule has 4 nitrogen and oxygen atoms in total. The van der Waals surface area contributed by atoms with E-state index < -0.39 is 0 Å². The van der Waals surface area contributed by atoms with Crippen LogP contribution in [0.4, 0.5) is 16.4 Å². The van der Waals surface area contributed by atoms with Crippen LogP contribution in [0, 0.1) is 6.92 Å². The number of hydrogen-bond donors (Lipinski definition) is 1. The van der Waals surface area contributed by atoms with Gasteiger partial charge in [-0.25, -0.2) is 0 Å². The fourth-order valence-corrected chi connectivity index (χ4v) is 4.63. The first-order chi connectivity index (χ1) is 11.1. The lowest BCUT2D eigenvalue weighted by atomic mass is 10.1. The summed E-state index contributed by atoms with van der Waals surface area (Å²) in [5.41, 5.74) is 3.89. The van der Waals surface area contributed by atoms with Crippen LogP contribution in [-0.4, -0.2) is 50.1 Å². The van der Waals surface area contributed by atoms with Gasteiger partial charge in [-0.2, -0.15) is 0 Å². The molecule has 2 aromatic rings. The van der Waals surface area contributed by atoms with Gasteiger partial charge in [-0.15, -0.1) is 11.3 Å². The highest BCUT2D eigenvalue weighted by Gasteiger charge is 2.33. The van der Waals surface area contributed by atoms with Crippen molar-refractivity contribution in [2.45, 2.75) is 13.1 Å². The van der Waals surface area contributed by atoms with E-state index in [2.05, 4.69) is 71.4 Å². The monoisotopic (exact) mass is 328 g/mol. The molecule has 0 saturated carbocycles. The molecule has 0 aliphatic carbocycles. The number of likely N-dealkylation sites (N-methyl/N-ethyl adjacent to an activating group) is 1. The Balaban J connectivity index is 1.79. The summed E-state index contributed by atoms with van der Waals surface area (Å²) in [5.74, 6) is 0. The summed E-state index contributed by atoms with van der Waals surface area (Å²) < 4.78 is 0. The summed E-state index contributed by atoms with van der Waals surface area (Å²) in [5, 5.41) is 4.97. The topological polar surface area (TPSA) is 21.8 Å². The average Bonchev–Trinajstić information content (AvgIpc) is 2.85. The number of nitrogens with one attached hydrogen (secondary N) is 1. The van der Waals surface area contributed by atoms with Crippen molar-refractivity contribution in [3.63, 3.8) is 0 Å². The molecule has 122 valence electrons. The number of benzene rings is 1. The number of piperazine rings is 1. The number of hydrogen-bond acceptors (Lipinski definition) is 5. The molecule has 0 spiro atoms. The number of rotatable bonds is 1. The van der Waals surface area contributed by atoms with Gasteiger partial charge in [0.1, 0.15) is 6.17 Å². The van der Waals surface area contributed by atoms with E-state index in [0.29, 0.717) is 6.17 Å². The Bertz CT molecular complexity index is 703. The molecule has 4 rings (SSSR count). The third kappa shape index (κ3) is 2.63. The van der Waals surface area contributed by atoms with Crippen molar-refractivity contribution in [1.82, 2.24) is 9.80 Å². The lowest BCUT2D eigenvalue weighted by molar-refractivity contribution is 0.112. The number of para-hydroxylation sites is 2. The molecule has 0 bridgehead atoms. The zero-order valence-corrected chi connectivity index (χ0v) is 14.9. The maximum atomic E-state index is 3.67. The highest BCUT2D eigenvalue weighted by molar-refractivity contribution is 7.16. The Kier molecular flexibility index (Phi) is 3.79. The minimum absolute atomic E-state index is 0.305. The molecule has 2 aliphatic heterocycles. The van der Waals surface area contributed by atoms with E-state index >= 15 is 0 Å². The van der Waals surface area contributed by atoms with E-state index in [4.69, 9.17) is 0 Å². The van der Waals surface area contributed by atoms with Crippen LogP contribution in [0.15, 0.2) is 30.3 Å². The summed E-state index contributed by atoms with van der Waals surface area (Å²) in [6, 6.07) is 11.0. The molecule has 3 heterocycles. The van der Waals surface area contributed by atoms with E-state index in [0.717, 1.165) is 26.2 Å². The SMILES string of the molecule is Cc1cc2c(s1)Nc1ccccc1N(C)C2N1CCN(C)CC1. The molecule has 1 saturated heterocycles. The van der Waals surface area contributed by atoms with Crippen LogP contribution >= 0.6 is 11.3 Å². The number of aryl methyl sites for hydroxylation is 1. The standard InChI is InChI=1S/C18H24N4S/c1-13-12-14-17(23-13)19-15-6-4-5-7-16(15)21(3)18(14)22-10-8-20(2)9-11-22/h4-7,12,18-19H,8-11H2,1-3H3. The van der Waals surface area contributed by atoms with Crippen LogP contribution < -0.4 is 10.2 Å². The van der Waals surface area contributed by atoms with Crippen LogP contribution in [-0.2, 0) is 0 Å². The van der Waals surface area contributed by atoms with Gasteiger partial charge in [0.05, 0.1) is 16.4 Å². The first-order valence-electron chi connectivity index (χ1n) is 8.25. The van der Waals surface area contributed by atoms with Crippen LogP contribution in [0.5, 0.6) is 0 Å². The predicted octanol–water partition coefficient (Wildman–Crippen LogP) is 3.50. The molecule has 0 radical (unpaired) electrons. The van der Waals surface area contributed by atoms with Gasteiger partial charge in [-0.05, 0) is 32.2 Å². The number of fused-ring (bicyclic) bond motifs is 2. The zero-order chi connectivity index (χ0) is 16.0. The molecule has 23 heavy (non-hydrogen) atoms. The molecular formula is C18H24N4S. The Morgan fingerprint density at radius 1 is 1.09 bits per heavy atom. The number of thiophene rings is 1. The van der Waals surface area contributed by atoms with Crippen LogP contribution in [0.3, 0.4) is 0 Å². The van der Waals surface area contributed by atoms with Gasteiger partial charge in [0, 0.05) is 43.7 Å². The summed E-state index contributed by atoms with van der Waals surface area (Å²) in [6.07, 6.45) is 0.305. The minimum Gasteiger partial charge on any atom is -0.353 e. The van der Waals surface area contributed by atoms with E-state index in [1.165, 1.54) is 26.8 Å². The first kappa shape index (κ1) is 15.0. The molecule has 1 unspecified atom stereocenters. The summed E-state index contributed by atoms with van der Waals surface area (Å²) in [4.78, 5) is 8.84. The quantitative estimate of drug-likeness (QED) is 0.865. The van der Waals surface area contributed by atoms with Gasteiger partial charge >= 0.3 is 0 Å². The Morgan fingerprint density at radius 2 is 1.83 bits per heavy atom. The van der Waals surface area contributed by atoms with Gasteiger partial charge in [-0.1, -0.05) is 12.1 Å². The summed E-state index contributed by atoms with van der Waals surface area (Å²) in [7, 11) is 4.44. The lowest BCUT2D eigenvalue weighted by Gasteiger charge is -2.42. The van der Waals surface area contributed by atoms with Crippen LogP contribution in [0.25, 0.3) is 0 Å². The third-order valence-electron chi connectivity index (χ3n) is 4.95. The minimum atomic E-state index is 0.305. The van der Waals surface area contributed by atoms with Crippen molar-refractivity contribution in [3.8, 4) is 0 Å². The summed E-state index contributed by atoms with van der Waals surface area (Å²) >= 11 is 1.86. The molecule has 1 N–H and O–H groups in total. The van der Waals surface area contributed by atoms with Crippen molar-refractivity contribution >= 4 is 27.7 Å². The lowest BCUT2D eigenvalue weighted by Crippen LogP contribution is -2.49. The van der Waals surface area contributed by atoms with Crippen LogP contribution in [0.2, 0.25) is 0 Å². The number of nitrogens with zero attached hydrogens (tertiary/aromatic N) is 3. The van der Waals surface area contributed by atoms with Gasteiger partial charge in [-0.3, -0.25) is 4.90 Å². The molecule has 5 heteroatoms. The fraction of sp³-hybridized carbons (Fsp3) is 0.444. The fourth-order valence-electron chi connectivity index (χ4n) is 3.68. The highest BCUT2D eigenvalue weighted by Crippen LogP contribution is 2.45. The highest BCUT2D eigenvalue weighted by atomic mass is 32.1. The third-order valence-corrected chi connectivity index (χ3v) is 5.93. The maximum absolute atomic E-state index is 3.67. The van der Waals surface area contributed by atoms with Crippen molar-refractivity contribution in [2.24, 2.45) is 0 Å². The second-order valence-corrected chi connectivity index (χ2v) is 7.86. The van der Waals surface area contributed by atoms with Crippen molar-refractivity contribution < 1.29 is 0 Å². The van der Waals surface area contributed by atoms with Gasteiger partial charge < -0.3 is 15.1 Å². The van der Waals surface area contributed by atoms with Gasteiger partial charge in [0.25, 0.3) is 0 Å². The maximum Gasteiger partial charge on any atom is 0.111 e. The van der Waals surface area contributed by atoms with Gasteiger partial charge in [0.2, 0.25) is 0 Å². The number of anilines is 3. The second-order valence-electron chi connectivity index (χ2n) is 6.61. The van der Waals surface area contributed by atoms with E-state index in [1.807, 2.05) is 11.3 Å². The van der Waals surface area contributed by atoms with E-state index in [1.54, 1.807) is 0 Å². The largest absolute Gasteiger partial charge is 0.353 e. The Labute approximate surface area is 142 Å². The molecular weight excluding hydrogens is 304 g/mol. The average molecular weight is 328 g/mol. The molecule has 1 atom stereocenters. The first-order valence-corrected chi connectivity index (χ1v) is 9.07. The smallest absolute Gasteiger partial charge is 0.111 e. The second kappa shape index (κ2) is 5.82. The molecule has 2 aliphatic rings. The molecule has 1 aromatic carbocycles.